The van der Waals surface area contributed by atoms with E-state index < -0.39 is 0 Å². The summed E-state index contributed by atoms with van der Waals surface area (Å²) in [5.41, 5.74) is 1.58. The second kappa shape index (κ2) is 9.78. The van der Waals surface area contributed by atoms with Crippen molar-refractivity contribution in [1.29, 1.82) is 0 Å². The van der Waals surface area contributed by atoms with Crippen LogP contribution in [0.25, 0.3) is 6.08 Å². The molecular formula is C22H25NO7. The van der Waals surface area contributed by atoms with Crippen molar-refractivity contribution in [3.05, 3.63) is 41.5 Å². The molecule has 0 saturated carbocycles. The van der Waals surface area contributed by atoms with Crippen molar-refractivity contribution in [2.45, 2.75) is 6.54 Å². The monoisotopic (exact) mass is 415 g/mol. The Labute approximate surface area is 175 Å². The molecule has 0 saturated heterocycles. The summed E-state index contributed by atoms with van der Waals surface area (Å²) < 4.78 is 32.5. The normalized spacial score (nSPS) is 12.4. The van der Waals surface area contributed by atoms with Crippen molar-refractivity contribution in [2.24, 2.45) is 0 Å². The van der Waals surface area contributed by atoms with E-state index in [2.05, 4.69) is 5.32 Å². The summed E-state index contributed by atoms with van der Waals surface area (Å²) >= 11 is 0. The molecule has 30 heavy (non-hydrogen) atoms. The van der Waals surface area contributed by atoms with Crippen LogP contribution in [0.1, 0.15) is 11.1 Å². The van der Waals surface area contributed by atoms with Crippen LogP contribution in [-0.4, -0.2) is 47.6 Å². The molecule has 2 aromatic rings. The van der Waals surface area contributed by atoms with Crippen molar-refractivity contribution < 1.29 is 33.2 Å². The molecule has 1 heterocycles. The van der Waals surface area contributed by atoms with Crippen LogP contribution in [-0.2, 0) is 11.3 Å². The molecule has 1 N–H and O–H groups in total. The first-order chi connectivity index (χ1) is 14.6. The number of ether oxygens (including phenoxy) is 6. The highest BCUT2D eigenvalue weighted by Crippen LogP contribution is 2.41. The molecule has 0 unspecified atom stereocenters. The predicted molar refractivity (Wildman–Crippen MR) is 111 cm³/mol. The number of benzene rings is 2. The Morgan fingerprint density at radius 1 is 0.933 bits per heavy atom. The first kappa shape index (κ1) is 21.2. The number of carbonyl (C=O) groups is 1. The SMILES string of the molecule is COc1cc(CNC(=O)/C=C/c2cc(OC)c3c(c2)OCCO3)cc(OC)c1OC. The molecule has 1 aliphatic rings. The second-order valence-electron chi connectivity index (χ2n) is 6.33. The third-order valence-electron chi connectivity index (χ3n) is 4.47. The minimum Gasteiger partial charge on any atom is -0.493 e. The van der Waals surface area contributed by atoms with Crippen LogP contribution in [0, 0.1) is 0 Å². The highest BCUT2D eigenvalue weighted by Gasteiger charge is 2.18. The van der Waals surface area contributed by atoms with Gasteiger partial charge in [0.05, 0.1) is 28.4 Å². The van der Waals surface area contributed by atoms with E-state index in [1.165, 1.54) is 6.08 Å². The Morgan fingerprint density at radius 3 is 2.23 bits per heavy atom. The highest BCUT2D eigenvalue weighted by atomic mass is 16.6. The Kier molecular flexibility index (Phi) is 6.90. The van der Waals surface area contributed by atoms with Gasteiger partial charge in [-0.25, -0.2) is 0 Å². The summed E-state index contributed by atoms with van der Waals surface area (Å²) in [6.45, 7) is 1.24. The lowest BCUT2D eigenvalue weighted by molar-refractivity contribution is -0.116. The fraction of sp³-hybridized carbons (Fsp3) is 0.318. The van der Waals surface area contributed by atoms with E-state index >= 15 is 0 Å². The molecule has 160 valence electrons. The fourth-order valence-corrected chi connectivity index (χ4v) is 3.05. The molecular weight excluding hydrogens is 390 g/mol. The molecule has 3 rings (SSSR count). The maximum atomic E-state index is 12.3. The van der Waals surface area contributed by atoms with Crippen LogP contribution in [0.4, 0.5) is 0 Å². The van der Waals surface area contributed by atoms with Gasteiger partial charge in [-0.2, -0.15) is 0 Å². The predicted octanol–water partition coefficient (Wildman–Crippen LogP) is 2.82. The van der Waals surface area contributed by atoms with Crippen LogP contribution in [0.15, 0.2) is 30.3 Å². The number of carbonyl (C=O) groups excluding carboxylic acids is 1. The average Bonchev–Trinajstić information content (AvgIpc) is 2.79. The summed E-state index contributed by atoms with van der Waals surface area (Å²) in [4.78, 5) is 12.3. The van der Waals surface area contributed by atoms with E-state index in [1.54, 1.807) is 58.8 Å². The topological polar surface area (TPSA) is 84.5 Å². The molecule has 0 fully saturated rings. The van der Waals surface area contributed by atoms with Gasteiger partial charge in [-0.3, -0.25) is 4.79 Å². The second-order valence-corrected chi connectivity index (χ2v) is 6.33. The van der Waals surface area contributed by atoms with Crippen molar-refractivity contribution in [3.8, 4) is 34.5 Å². The molecule has 1 amide bonds. The van der Waals surface area contributed by atoms with Gasteiger partial charge in [0.15, 0.2) is 23.0 Å². The molecule has 0 spiro atoms. The van der Waals surface area contributed by atoms with E-state index in [-0.39, 0.29) is 5.91 Å². The number of nitrogens with one attached hydrogen (secondary N) is 1. The third kappa shape index (κ3) is 4.71. The van der Waals surface area contributed by atoms with E-state index in [1.807, 2.05) is 0 Å². The molecule has 2 aromatic carbocycles. The van der Waals surface area contributed by atoms with E-state index in [0.29, 0.717) is 54.3 Å². The van der Waals surface area contributed by atoms with Crippen molar-refractivity contribution >= 4 is 12.0 Å². The number of methoxy groups -OCH3 is 4. The molecule has 0 aromatic heterocycles. The van der Waals surface area contributed by atoms with E-state index in [9.17, 15) is 4.79 Å². The summed E-state index contributed by atoms with van der Waals surface area (Å²) in [5.74, 6) is 3.04. The minimum atomic E-state index is -0.252. The van der Waals surface area contributed by atoms with Gasteiger partial charge in [0.1, 0.15) is 13.2 Å². The quantitative estimate of drug-likeness (QED) is 0.664. The van der Waals surface area contributed by atoms with Gasteiger partial charge in [-0.05, 0) is 41.5 Å². The Bertz CT molecular complexity index is 897. The maximum absolute atomic E-state index is 12.3. The number of fused-ring (bicyclic) bond motifs is 1. The van der Waals surface area contributed by atoms with Gasteiger partial charge in [0, 0.05) is 12.6 Å². The standard InChI is InChI=1S/C22H25NO7/c1-25-16-11-15(12-17(26-2)21(16)28-4)13-23-20(24)6-5-14-9-18(27-3)22-19(10-14)29-7-8-30-22/h5-6,9-12H,7-8,13H2,1-4H3,(H,23,24)/b6-5+. The van der Waals surface area contributed by atoms with Crippen molar-refractivity contribution in [1.82, 2.24) is 5.32 Å². The summed E-state index contributed by atoms with van der Waals surface area (Å²) in [6, 6.07) is 7.17. The minimum absolute atomic E-state index is 0.252. The molecule has 0 aliphatic carbocycles. The summed E-state index contributed by atoms with van der Waals surface area (Å²) in [5, 5.41) is 2.84. The number of hydrogen-bond donors (Lipinski definition) is 1. The summed E-state index contributed by atoms with van der Waals surface area (Å²) in [6.07, 6.45) is 3.13. The zero-order chi connectivity index (χ0) is 21.5. The molecule has 1 aliphatic heterocycles. The number of hydrogen-bond acceptors (Lipinski definition) is 7. The average molecular weight is 415 g/mol. The number of rotatable bonds is 8. The van der Waals surface area contributed by atoms with Crippen LogP contribution < -0.4 is 33.7 Å². The molecule has 8 nitrogen and oxygen atoms in total. The molecule has 0 radical (unpaired) electrons. The molecule has 8 heteroatoms. The van der Waals surface area contributed by atoms with Crippen molar-refractivity contribution in [2.75, 3.05) is 41.7 Å². The van der Waals surface area contributed by atoms with Gasteiger partial charge in [0.2, 0.25) is 17.4 Å². The molecule has 0 bridgehead atoms. The zero-order valence-corrected chi connectivity index (χ0v) is 17.4. The van der Waals surface area contributed by atoms with Gasteiger partial charge >= 0.3 is 0 Å². The Morgan fingerprint density at radius 2 is 1.60 bits per heavy atom. The smallest absolute Gasteiger partial charge is 0.244 e. The van der Waals surface area contributed by atoms with Gasteiger partial charge < -0.3 is 33.7 Å². The molecule has 0 atom stereocenters. The third-order valence-corrected chi connectivity index (χ3v) is 4.47. The largest absolute Gasteiger partial charge is 0.493 e. The van der Waals surface area contributed by atoms with Gasteiger partial charge in [-0.1, -0.05) is 0 Å². The van der Waals surface area contributed by atoms with Crippen LogP contribution in [0.3, 0.4) is 0 Å². The van der Waals surface area contributed by atoms with Crippen LogP contribution in [0.5, 0.6) is 34.5 Å². The lowest BCUT2D eigenvalue weighted by Gasteiger charge is -2.20. The van der Waals surface area contributed by atoms with Crippen LogP contribution in [0.2, 0.25) is 0 Å². The number of amides is 1. The Hall–Kier alpha value is -3.55. The highest BCUT2D eigenvalue weighted by molar-refractivity contribution is 5.91. The first-order valence-corrected chi connectivity index (χ1v) is 9.32. The van der Waals surface area contributed by atoms with Gasteiger partial charge in [-0.15, -0.1) is 0 Å². The van der Waals surface area contributed by atoms with Gasteiger partial charge in [0.25, 0.3) is 0 Å². The zero-order valence-electron chi connectivity index (χ0n) is 17.4. The van der Waals surface area contributed by atoms with Crippen molar-refractivity contribution in [3.63, 3.8) is 0 Å². The lowest BCUT2D eigenvalue weighted by Crippen LogP contribution is -2.20. The van der Waals surface area contributed by atoms with E-state index in [0.717, 1.165) is 11.1 Å². The van der Waals surface area contributed by atoms with E-state index in [4.69, 9.17) is 28.4 Å². The summed E-state index contributed by atoms with van der Waals surface area (Å²) in [7, 11) is 6.19. The first-order valence-electron chi connectivity index (χ1n) is 9.32. The van der Waals surface area contributed by atoms with Crippen LogP contribution >= 0.6 is 0 Å². The lowest BCUT2D eigenvalue weighted by atomic mass is 10.1. The Balaban J connectivity index is 1.68. The fourth-order valence-electron chi connectivity index (χ4n) is 3.05. The maximum Gasteiger partial charge on any atom is 0.244 e.